The van der Waals surface area contributed by atoms with Crippen molar-refractivity contribution in [1.82, 2.24) is 9.62 Å². The molecule has 2 fully saturated rings. The van der Waals surface area contributed by atoms with Crippen LogP contribution in [-0.4, -0.2) is 37.3 Å². The number of carbonyl (C=O) groups is 1. The molecule has 0 radical (unpaired) electrons. The maximum atomic E-state index is 12.8. The Kier molecular flexibility index (Phi) is 5.85. The first-order valence-corrected chi connectivity index (χ1v) is 11.2. The van der Waals surface area contributed by atoms with Gasteiger partial charge >= 0.3 is 0 Å². The van der Waals surface area contributed by atoms with Crippen LogP contribution in [0.4, 0.5) is 0 Å². The molecule has 5 nitrogen and oxygen atoms in total. The second-order valence-corrected chi connectivity index (χ2v) is 10.4. The zero-order valence-electron chi connectivity index (χ0n) is 13.5. The highest BCUT2D eigenvalue weighted by atomic mass is 35.5. The maximum Gasteiger partial charge on any atom is 0.253 e. The minimum absolute atomic E-state index is 0.148. The van der Waals surface area contributed by atoms with Crippen molar-refractivity contribution in [3.05, 3.63) is 16.5 Å². The molecule has 2 aliphatic rings. The molecule has 1 atom stereocenters. The molecule has 0 unspecified atom stereocenters. The Morgan fingerprint density at radius 3 is 2.46 bits per heavy atom. The van der Waals surface area contributed by atoms with Gasteiger partial charge in [-0.15, -0.1) is 11.3 Å². The van der Waals surface area contributed by atoms with Crippen LogP contribution in [0.3, 0.4) is 0 Å². The van der Waals surface area contributed by atoms with E-state index in [0.29, 0.717) is 23.7 Å². The van der Waals surface area contributed by atoms with Crippen molar-refractivity contribution >= 4 is 38.9 Å². The lowest BCUT2D eigenvalue weighted by Gasteiger charge is -2.25. The zero-order valence-corrected chi connectivity index (χ0v) is 15.9. The van der Waals surface area contributed by atoms with E-state index in [9.17, 15) is 13.2 Å². The molecule has 8 heteroatoms. The van der Waals surface area contributed by atoms with E-state index in [0.717, 1.165) is 37.0 Å². The molecule has 1 N–H and O–H groups in total. The summed E-state index contributed by atoms with van der Waals surface area (Å²) in [6.07, 6.45) is 7.97. The van der Waals surface area contributed by atoms with E-state index in [1.807, 2.05) is 0 Å². The van der Waals surface area contributed by atoms with E-state index in [1.54, 1.807) is 6.07 Å². The molecule has 134 valence electrons. The molecule has 1 aromatic heterocycles. The first-order chi connectivity index (χ1) is 11.5. The predicted octanol–water partition coefficient (Wildman–Crippen LogP) is 3.39. The third-order valence-electron chi connectivity index (χ3n) is 4.82. The number of amides is 1. The monoisotopic (exact) mass is 390 g/mol. The van der Waals surface area contributed by atoms with E-state index in [1.165, 1.54) is 23.2 Å². The third-order valence-corrected chi connectivity index (χ3v) is 8.43. The van der Waals surface area contributed by atoms with Crippen molar-refractivity contribution in [2.45, 2.75) is 67.7 Å². The van der Waals surface area contributed by atoms with E-state index in [2.05, 4.69) is 5.32 Å². The number of halogens is 1. The lowest BCUT2D eigenvalue weighted by molar-refractivity contribution is -0.125. The van der Waals surface area contributed by atoms with Gasteiger partial charge < -0.3 is 5.32 Å². The van der Waals surface area contributed by atoms with Crippen LogP contribution < -0.4 is 5.32 Å². The topological polar surface area (TPSA) is 66.5 Å². The van der Waals surface area contributed by atoms with Crippen molar-refractivity contribution in [3.8, 4) is 0 Å². The Morgan fingerprint density at radius 1 is 1.12 bits per heavy atom. The normalized spacial score (nSPS) is 24.0. The fraction of sp³-hybridized carbons (Fsp3) is 0.688. The van der Waals surface area contributed by atoms with Crippen LogP contribution in [0.5, 0.6) is 0 Å². The lowest BCUT2D eigenvalue weighted by Crippen LogP contribution is -2.48. The highest BCUT2D eigenvalue weighted by Gasteiger charge is 2.40. The van der Waals surface area contributed by atoms with Gasteiger partial charge in [-0.3, -0.25) is 4.79 Å². The maximum absolute atomic E-state index is 12.8. The van der Waals surface area contributed by atoms with Crippen molar-refractivity contribution in [2.24, 2.45) is 0 Å². The molecule has 2 heterocycles. The molecule has 24 heavy (non-hydrogen) atoms. The van der Waals surface area contributed by atoms with Gasteiger partial charge in [0.2, 0.25) is 5.91 Å². The average molecular weight is 391 g/mol. The molecule has 1 aromatic rings. The molecular formula is C16H23ClN2O3S2. The number of rotatable bonds is 4. The Balaban J connectivity index is 1.71. The summed E-state index contributed by atoms with van der Waals surface area (Å²) in [5.41, 5.74) is 0. The Morgan fingerprint density at radius 2 is 1.83 bits per heavy atom. The predicted molar refractivity (Wildman–Crippen MR) is 95.9 cm³/mol. The van der Waals surface area contributed by atoms with Crippen molar-refractivity contribution in [1.29, 1.82) is 0 Å². The van der Waals surface area contributed by atoms with Gasteiger partial charge in [0.05, 0.1) is 4.34 Å². The number of hydrogen-bond acceptors (Lipinski definition) is 4. The van der Waals surface area contributed by atoms with Gasteiger partial charge in [0.15, 0.2) is 0 Å². The van der Waals surface area contributed by atoms with Crippen LogP contribution in [0.25, 0.3) is 0 Å². The van der Waals surface area contributed by atoms with Gasteiger partial charge in [0.1, 0.15) is 10.3 Å². The standard InChI is InChI=1S/C16H23ClN2O3S2/c17-14-9-10-15(23-14)24(21,22)19-11-5-8-13(19)16(20)18-12-6-3-1-2-4-7-12/h9-10,12-13H,1-8,11H2,(H,18,20)/t13-/m1/s1. The summed E-state index contributed by atoms with van der Waals surface area (Å²) in [6.45, 7) is 0.389. The average Bonchev–Trinajstić information content (AvgIpc) is 3.13. The van der Waals surface area contributed by atoms with Crippen molar-refractivity contribution in [3.63, 3.8) is 0 Å². The second kappa shape index (κ2) is 7.72. The highest BCUT2D eigenvalue weighted by molar-refractivity contribution is 7.91. The minimum Gasteiger partial charge on any atom is -0.352 e. The Bertz CT molecular complexity index is 681. The smallest absolute Gasteiger partial charge is 0.253 e. The largest absolute Gasteiger partial charge is 0.352 e. The SMILES string of the molecule is O=C(NC1CCCCCC1)[C@H]1CCCN1S(=O)(=O)c1ccc(Cl)s1. The first-order valence-electron chi connectivity index (χ1n) is 8.56. The van der Waals surface area contributed by atoms with Gasteiger partial charge in [-0.25, -0.2) is 8.42 Å². The molecule has 3 rings (SSSR count). The fourth-order valence-corrected chi connectivity index (χ4v) is 6.83. The fourth-order valence-electron chi connectivity index (χ4n) is 3.56. The van der Waals surface area contributed by atoms with Gasteiger partial charge in [-0.1, -0.05) is 37.3 Å². The summed E-state index contributed by atoms with van der Waals surface area (Å²) in [7, 11) is -3.65. The number of thiophene rings is 1. The summed E-state index contributed by atoms with van der Waals surface area (Å²) >= 11 is 6.91. The molecule has 1 saturated carbocycles. The van der Waals surface area contributed by atoms with Crippen LogP contribution in [0.15, 0.2) is 16.3 Å². The number of nitrogens with one attached hydrogen (secondary N) is 1. The van der Waals surface area contributed by atoms with E-state index >= 15 is 0 Å². The van der Waals surface area contributed by atoms with Crippen LogP contribution in [0.1, 0.15) is 51.4 Å². The summed E-state index contributed by atoms with van der Waals surface area (Å²) in [6, 6.07) is 2.68. The van der Waals surface area contributed by atoms with Crippen LogP contribution >= 0.6 is 22.9 Å². The number of sulfonamides is 1. The van der Waals surface area contributed by atoms with E-state index in [-0.39, 0.29) is 16.2 Å². The molecule has 1 saturated heterocycles. The Labute approximate surface area is 152 Å². The molecule has 1 aliphatic heterocycles. The second-order valence-electron chi connectivity index (χ2n) is 6.53. The lowest BCUT2D eigenvalue weighted by atomic mass is 10.1. The molecular weight excluding hydrogens is 368 g/mol. The van der Waals surface area contributed by atoms with Gasteiger partial charge in [-0.05, 0) is 37.8 Å². The third kappa shape index (κ3) is 3.95. The summed E-state index contributed by atoms with van der Waals surface area (Å²) in [5.74, 6) is -0.148. The number of carbonyl (C=O) groups excluding carboxylic acids is 1. The molecule has 1 aliphatic carbocycles. The number of hydrogen-bond donors (Lipinski definition) is 1. The zero-order chi connectivity index (χ0) is 17.2. The van der Waals surface area contributed by atoms with Crippen LogP contribution in [0, 0.1) is 0 Å². The van der Waals surface area contributed by atoms with Crippen LogP contribution in [0.2, 0.25) is 4.34 Å². The highest BCUT2D eigenvalue weighted by Crippen LogP contribution is 2.32. The summed E-state index contributed by atoms with van der Waals surface area (Å²) in [4.78, 5) is 12.7. The minimum atomic E-state index is -3.65. The molecule has 0 aromatic carbocycles. The van der Waals surface area contributed by atoms with Gasteiger partial charge in [-0.2, -0.15) is 4.31 Å². The van der Waals surface area contributed by atoms with Crippen LogP contribution in [-0.2, 0) is 14.8 Å². The number of nitrogens with zero attached hydrogens (tertiary/aromatic N) is 1. The van der Waals surface area contributed by atoms with Gasteiger partial charge in [0.25, 0.3) is 10.0 Å². The van der Waals surface area contributed by atoms with Crippen molar-refractivity contribution < 1.29 is 13.2 Å². The molecule has 1 amide bonds. The quantitative estimate of drug-likeness (QED) is 0.801. The van der Waals surface area contributed by atoms with Crippen molar-refractivity contribution in [2.75, 3.05) is 6.54 Å². The molecule has 0 bridgehead atoms. The summed E-state index contributed by atoms with van der Waals surface area (Å²) in [5, 5.41) is 3.09. The first kappa shape index (κ1) is 18.2. The van der Waals surface area contributed by atoms with E-state index in [4.69, 9.17) is 11.6 Å². The summed E-state index contributed by atoms with van der Waals surface area (Å²) < 4.78 is 27.6. The van der Waals surface area contributed by atoms with E-state index < -0.39 is 16.1 Å². The molecule has 0 spiro atoms. The van der Waals surface area contributed by atoms with Gasteiger partial charge in [0, 0.05) is 12.6 Å². The Hall–Kier alpha value is -0.630.